The van der Waals surface area contributed by atoms with Gasteiger partial charge in [0.1, 0.15) is 5.75 Å². The van der Waals surface area contributed by atoms with Gasteiger partial charge in [0.05, 0.1) is 0 Å². The van der Waals surface area contributed by atoms with Crippen LogP contribution < -0.4 is 5.32 Å². The van der Waals surface area contributed by atoms with Crippen molar-refractivity contribution in [1.82, 2.24) is 10.2 Å². The van der Waals surface area contributed by atoms with Crippen molar-refractivity contribution in [1.29, 1.82) is 0 Å². The van der Waals surface area contributed by atoms with Gasteiger partial charge >= 0.3 is 0 Å². The van der Waals surface area contributed by atoms with Gasteiger partial charge < -0.3 is 15.3 Å². The molecule has 0 spiro atoms. The lowest BCUT2D eigenvalue weighted by Crippen LogP contribution is -2.47. The Bertz CT molecular complexity index is 680. The van der Waals surface area contributed by atoms with Gasteiger partial charge in [-0.15, -0.1) is 0 Å². The first-order chi connectivity index (χ1) is 12.4. The van der Waals surface area contributed by atoms with Crippen LogP contribution in [-0.4, -0.2) is 47.2 Å². The summed E-state index contributed by atoms with van der Waals surface area (Å²) >= 11 is 0. The molecule has 1 heterocycles. The smallest absolute Gasteiger partial charge is 0.294 e. The lowest BCUT2D eigenvalue weighted by atomic mass is 9.75. The fourth-order valence-corrected chi connectivity index (χ4v) is 3.80. The Kier molecular flexibility index (Phi) is 5.59. The zero-order valence-electron chi connectivity index (χ0n) is 15.1. The molecule has 1 unspecified atom stereocenters. The predicted molar refractivity (Wildman–Crippen MR) is 96.6 cm³/mol. The van der Waals surface area contributed by atoms with Crippen molar-refractivity contribution < 1.29 is 19.5 Å². The summed E-state index contributed by atoms with van der Waals surface area (Å²) in [5, 5.41) is 12.3. The van der Waals surface area contributed by atoms with Crippen LogP contribution in [0.15, 0.2) is 24.3 Å². The predicted octanol–water partition coefficient (Wildman–Crippen LogP) is 1.98. The zero-order valence-corrected chi connectivity index (χ0v) is 15.1. The number of hydrogen-bond donors (Lipinski definition) is 2. The van der Waals surface area contributed by atoms with Crippen molar-refractivity contribution in [3.05, 3.63) is 29.8 Å². The molecule has 2 fully saturated rings. The summed E-state index contributed by atoms with van der Waals surface area (Å²) in [4.78, 5) is 38.5. The van der Waals surface area contributed by atoms with Crippen molar-refractivity contribution in [2.45, 2.75) is 32.6 Å². The first-order valence-electron chi connectivity index (χ1n) is 9.34. The van der Waals surface area contributed by atoms with Crippen LogP contribution in [0.1, 0.15) is 43.0 Å². The number of ketones is 1. The van der Waals surface area contributed by atoms with Crippen LogP contribution in [0.2, 0.25) is 0 Å². The summed E-state index contributed by atoms with van der Waals surface area (Å²) in [6.45, 7) is 3.76. The van der Waals surface area contributed by atoms with E-state index in [1.165, 1.54) is 24.3 Å². The van der Waals surface area contributed by atoms with Crippen LogP contribution in [0.25, 0.3) is 0 Å². The van der Waals surface area contributed by atoms with E-state index in [2.05, 4.69) is 12.2 Å². The van der Waals surface area contributed by atoms with Gasteiger partial charge in [0.15, 0.2) is 0 Å². The highest BCUT2D eigenvalue weighted by molar-refractivity contribution is 6.42. The monoisotopic (exact) mass is 358 g/mol. The fraction of sp³-hybridized carbons (Fsp3) is 0.550. The molecular weight excluding hydrogens is 332 g/mol. The number of piperidine rings is 1. The third kappa shape index (κ3) is 4.23. The third-order valence-corrected chi connectivity index (χ3v) is 5.44. The molecule has 0 bridgehead atoms. The maximum Gasteiger partial charge on any atom is 0.294 e. The number of phenolic OH excluding ortho intramolecular Hbond substituents is 1. The van der Waals surface area contributed by atoms with Gasteiger partial charge in [0.25, 0.3) is 5.91 Å². The second kappa shape index (κ2) is 7.89. The van der Waals surface area contributed by atoms with E-state index < -0.39 is 11.7 Å². The summed E-state index contributed by atoms with van der Waals surface area (Å²) < 4.78 is 0. The number of phenols is 1. The standard InChI is InChI=1S/C20H26N2O4/c1-13-9-16(10-13)19(25)21-11-14-3-2-8-22(12-14)20(26)18(24)15-4-6-17(23)7-5-15/h4-7,13-14,16,23H,2-3,8-12H2,1H3,(H,21,25). The highest BCUT2D eigenvalue weighted by Crippen LogP contribution is 2.33. The Balaban J connectivity index is 1.51. The lowest BCUT2D eigenvalue weighted by molar-refractivity contribution is -0.129. The molecule has 1 saturated carbocycles. The topological polar surface area (TPSA) is 86.7 Å². The van der Waals surface area contributed by atoms with Crippen molar-refractivity contribution >= 4 is 17.6 Å². The fourth-order valence-electron chi connectivity index (χ4n) is 3.80. The zero-order chi connectivity index (χ0) is 18.7. The van der Waals surface area contributed by atoms with E-state index in [0.29, 0.717) is 25.6 Å². The van der Waals surface area contributed by atoms with Gasteiger partial charge in [0.2, 0.25) is 11.7 Å². The number of likely N-dealkylation sites (tertiary alicyclic amines) is 1. The summed E-state index contributed by atoms with van der Waals surface area (Å²) in [7, 11) is 0. The van der Waals surface area contributed by atoms with Crippen LogP contribution in [0.4, 0.5) is 0 Å². The number of hydrogen-bond acceptors (Lipinski definition) is 4. The van der Waals surface area contributed by atoms with Crippen LogP contribution >= 0.6 is 0 Å². The van der Waals surface area contributed by atoms with E-state index in [-0.39, 0.29) is 29.1 Å². The second-order valence-electron chi connectivity index (χ2n) is 7.65. The van der Waals surface area contributed by atoms with Crippen molar-refractivity contribution in [3.63, 3.8) is 0 Å². The molecule has 140 valence electrons. The number of aromatic hydroxyl groups is 1. The van der Waals surface area contributed by atoms with E-state index in [0.717, 1.165) is 25.7 Å². The minimum Gasteiger partial charge on any atom is -0.508 e. The summed E-state index contributed by atoms with van der Waals surface area (Å²) in [5.74, 6) is 0.0663. The molecule has 1 aliphatic carbocycles. The molecule has 0 radical (unpaired) electrons. The molecule has 0 aromatic heterocycles. The first kappa shape index (κ1) is 18.4. The summed E-state index contributed by atoms with van der Waals surface area (Å²) in [5.41, 5.74) is 0.280. The van der Waals surface area contributed by atoms with Crippen LogP contribution in [-0.2, 0) is 9.59 Å². The SMILES string of the molecule is CC1CC(C(=O)NCC2CCCN(C(=O)C(=O)c3ccc(O)cc3)C2)C1. The number of amides is 2. The molecule has 1 aliphatic heterocycles. The minimum absolute atomic E-state index is 0.0589. The molecular formula is C20H26N2O4. The van der Waals surface area contributed by atoms with E-state index >= 15 is 0 Å². The Morgan fingerprint density at radius 1 is 1.19 bits per heavy atom. The van der Waals surface area contributed by atoms with E-state index in [1.807, 2.05) is 0 Å². The Morgan fingerprint density at radius 3 is 2.54 bits per heavy atom. The molecule has 2 aliphatic rings. The molecule has 1 saturated heterocycles. The Labute approximate surface area is 153 Å². The molecule has 1 atom stereocenters. The maximum atomic E-state index is 12.5. The number of nitrogens with one attached hydrogen (secondary N) is 1. The molecule has 26 heavy (non-hydrogen) atoms. The van der Waals surface area contributed by atoms with Gasteiger partial charge in [-0.25, -0.2) is 0 Å². The van der Waals surface area contributed by atoms with Gasteiger partial charge in [-0.1, -0.05) is 6.92 Å². The van der Waals surface area contributed by atoms with Gasteiger partial charge in [0, 0.05) is 31.1 Å². The van der Waals surface area contributed by atoms with E-state index in [9.17, 15) is 19.5 Å². The number of Topliss-reactive ketones (excluding diaryl/α,β-unsaturated/α-hetero) is 1. The molecule has 2 N–H and O–H groups in total. The highest BCUT2D eigenvalue weighted by Gasteiger charge is 2.32. The van der Waals surface area contributed by atoms with Crippen LogP contribution in [0.5, 0.6) is 5.75 Å². The molecule has 1 aromatic carbocycles. The van der Waals surface area contributed by atoms with Crippen molar-refractivity contribution in [3.8, 4) is 5.75 Å². The molecule has 3 rings (SSSR count). The maximum absolute atomic E-state index is 12.5. The molecule has 2 amide bonds. The Morgan fingerprint density at radius 2 is 1.88 bits per heavy atom. The van der Waals surface area contributed by atoms with E-state index in [4.69, 9.17) is 0 Å². The van der Waals surface area contributed by atoms with Gasteiger partial charge in [-0.2, -0.15) is 0 Å². The number of nitrogens with zero attached hydrogens (tertiary/aromatic N) is 1. The average Bonchev–Trinajstić information content (AvgIpc) is 2.63. The quantitative estimate of drug-likeness (QED) is 0.622. The lowest BCUT2D eigenvalue weighted by Gasteiger charge is -2.34. The first-order valence-corrected chi connectivity index (χ1v) is 9.34. The van der Waals surface area contributed by atoms with Crippen LogP contribution in [0.3, 0.4) is 0 Å². The number of rotatable bonds is 5. The van der Waals surface area contributed by atoms with Gasteiger partial charge in [-0.3, -0.25) is 14.4 Å². The average molecular weight is 358 g/mol. The van der Waals surface area contributed by atoms with E-state index in [1.54, 1.807) is 4.90 Å². The molecule has 6 nitrogen and oxygen atoms in total. The molecule has 1 aromatic rings. The summed E-state index contributed by atoms with van der Waals surface area (Å²) in [6.07, 6.45) is 3.69. The third-order valence-electron chi connectivity index (χ3n) is 5.44. The number of benzene rings is 1. The number of carbonyl (C=O) groups excluding carboxylic acids is 3. The van der Waals surface area contributed by atoms with Crippen molar-refractivity contribution in [2.75, 3.05) is 19.6 Å². The normalized spacial score (nSPS) is 25.3. The highest BCUT2D eigenvalue weighted by atomic mass is 16.3. The van der Waals surface area contributed by atoms with Crippen molar-refractivity contribution in [2.24, 2.45) is 17.8 Å². The second-order valence-corrected chi connectivity index (χ2v) is 7.65. The Hall–Kier alpha value is -2.37. The van der Waals surface area contributed by atoms with Gasteiger partial charge in [-0.05, 0) is 61.8 Å². The van der Waals surface area contributed by atoms with Crippen LogP contribution in [0, 0.1) is 17.8 Å². The largest absolute Gasteiger partial charge is 0.508 e. The molecule has 6 heteroatoms. The summed E-state index contributed by atoms with van der Waals surface area (Å²) in [6, 6.07) is 5.71. The minimum atomic E-state index is -0.557. The number of carbonyl (C=O) groups is 3.